The molecule has 2 unspecified atom stereocenters. The number of carbonyl (C=O) groups is 1. The predicted molar refractivity (Wildman–Crippen MR) is 116 cm³/mol. The van der Waals surface area contributed by atoms with E-state index in [1.807, 2.05) is 46.8 Å². The van der Waals surface area contributed by atoms with Crippen molar-refractivity contribution in [1.82, 2.24) is 19.8 Å². The number of carbonyl (C=O) groups excluding carboxylic acids is 1. The van der Waals surface area contributed by atoms with Gasteiger partial charge in [-0.15, -0.1) is 0 Å². The van der Waals surface area contributed by atoms with Crippen LogP contribution in [0.25, 0.3) is 0 Å². The highest BCUT2D eigenvalue weighted by molar-refractivity contribution is 5.68. The molecule has 2 rings (SSSR count). The number of hydrogen-bond donors (Lipinski definition) is 2. The van der Waals surface area contributed by atoms with Crippen LogP contribution in [0, 0.1) is 0 Å². The minimum absolute atomic E-state index is 0.212. The van der Waals surface area contributed by atoms with Crippen LogP contribution in [-0.4, -0.2) is 44.3 Å². The van der Waals surface area contributed by atoms with Crippen LogP contribution in [-0.2, 0) is 11.3 Å². The van der Waals surface area contributed by atoms with E-state index in [0.717, 1.165) is 19.3 Å². The molecule has 0 spiro atoms. The number of amides is 1. The van der Waals surface area contributed by atoms with Gasteiger partial charge in [0.05, 0.1) is 11.7 Å². The van der Waals surface area contributed by atoms with Crippen LogP contribution in [0.2, 0.25) is 0 Å². The van der Waals surface area contributed by atoms with Crippen LogP contribution < -0.4 is 10.9 Å². The molecule has 1 aromatic rings. The van der Waals surface area contributed by atoms with Crippen LogP contribution in [0.5, 0.6) is 0 Å². The second kappa shape index (κ2) is 10.7. The van der Waals surface area contributed by atoms with Crippen LogP contribution in [0.4, 0.5) is 4.79 Å². The van der Waals surface area contributed by atoms with Gasteiger partial charge in [0.15, 0.2) is 0 Å². The Morgan fingerprint density at radius 2 is 2.20 bits per heavy atom. The van der Waals surface area contributed by atoms with Gasteiger partial charge in [-0.2, -0.15) is 0 Å². The number of fused-ring (bicyclic) bond motifs is 1. The second-order valence-electron chi connectivity index (χ2n) is 8.52. The fourth-order valence-corrected chi connectivity index (χ4v) is 3.57. The Morgan fingerprint density at radius 3 is 2.83 bits per heavy atom. The molecule has 1 aliphatic rings. The third-order valence-electron chi connectivity index (χ3n) is 4.97. The summed E-state index contributed by atoms with van der Waals surface area (Å²) in [5.41, 5.74) is -0.549. The summed E-state index contributed by atoms with van der Waals surface area (Å²) < 4.78 is 7.21. The van der Waals surface area contributed by atoms with Gasteiger partial charge in [-0.3, -0.25) is 19.6 Å². The molecule has 0 saturated heterocycles. The van der Waals surface area contributed by atoms with Crippen LogP contribution in [0.1, 0.15) is 84.1 Å². The van der Waals surface area contributed by atoms with Crippen molar-refractivity contribution in [2.24, 2.45) is 0 Å². The fourth-order valence-electron chi connectivity index (χ4n) is 3.57. The standard InChI is InChI=1S/C22H36N4O4/c1-6-8-10-13-23-20(28)16-15-18(27)26-14-11-9-12-17(19(26)24-16)25(7-2)21(29)30-22(3,4)5/h6,8,15,17,20,23,28H,7,9-14H2,1-5H3/b8-6-. The van der Waals surface area contributed by atoms with Gasteiger partial charge in [0.2, 0.25) is 0 Å². The minimum Gasteiger partial charge on any atom is -0.444 e. The lowest BCUT2D eigenvalue weighted by atomic mass is 10.1. The zero-order valence-corrected chi connectivity index (χ0v) is 18.9. The lowest BCUT2D eigenvalue weighted by molar-refractivity contribution is 0.0150. The average Bonchev–Trinajstić information content (AvgIpc) is 2.87. The molecule has 0 aliphatic carbocycles. The molecule has 1 aliphatic heterocycles. The number of nitrogens with zero attached hydrogens (tertiary/aromatic N) is 3. The Kier molecular flexibility index (Phi) is 8.61. The zero-order chi connectivity index (χ0) is 22.3. The molecule has 168 valence electrons. The SMILES string of the molecule is C/C=C\CCNC(O)c1cc(=O)n2c(n1)C(N(CC)C(=O)OC(C)(C)C)CCCC2. The van der Waals surface area contributed by atoms with E-state index in [0.29, 0.717) is 31.9 Å². The lowest BCUT2D eigenvalue weighted by Gasteiger charge is -2.32. The normalized spacial score (nSPS) is 18.0. The summed E-state index contributed by atoms with van der Waals surface area (Å²) in [6.07, 6.45) is 5.63. The smallest absolute Gasteiger partial charge is 0.410 e. The maximum Gasteiger partial charge on any atom is 0.410 e. The molecular weight excluding hydrogens is 384 g/mol. The first-order chi connectivity index (χ1) is 14.2. The maximum absolute atomic E-state index is 12.8. The molecular formula is C22H36N4O4. The molecule has 1 amide bonds. The molecule has 2 N–H and O–H groups in total. The molecule has 0 fully saturated rings. The van der Waals surface area contributed by atoms with Crippen molar-refractivity contribution in [3.8, 4) is 0 Å². The molecule has 8 heteroatoms. The first-order valence-corrected chi connectivity index (χ1v) is 10.8. The number of nitrogens with one attached hydrogen (secondary N) is 1. The summed E-state index contributed by atoms with van der Waals surface area (Å²) in [4.78, 5) is 31.9. The van der Waals surface area contributed by atoms with Gasteiger partial charge >= 0.3 is 6.09 Å². The van der Waals surface area contributed by atoms with E-state index in [4.69, 9.17) is 4.74 Å². The van der Waals surface area contributed by atoms with Gasteiger partial charge < -0.3 is 9.84 Å². The predicted octanol–water partition coefficient (Wildman–Crippen LogP) is 3.27. The van der Waals surface area contributed by atoms with E-state index < -0.39 is 17.9 Å². The summed E-state index contributed by atoms with van der Waals surface area (Å²) in [7, 11) is 0. The highest BCUT2D eigenvalue weighted by atomic mass is 16.6. The van der Waals surface area contributed by atoms with E-state index in [1.54, 1.807) is 9.47 Å². The number of ether oxygens (including phenoxy) is 1. The van der Waals surface area contributed by atoms with Crippen molar-refractivity contribution in [2.45, 2.75) is 84.7 Å². The van der Waals surface area contributed by atoms with Gasteiger partial charge in [0.1, 0.15) is 17.7 Å². The third-order valence-corrected chi connectivity index (χ3v) is 4.97. The molecule has 0 saturated carbocycles. The summed E-state index contributed by atoms with van der Waals surface area (Å²) >= 11 is 0. The largest absolute Gasteiger partial charge is 0.444 e. The molecule has 8 nitrogen and oxygen atoms in total. The molecule has 2 heterocycles. The number of aliphatic hydroxyl groups excluding tert-OH is 1. The number of hydrogen-bond acceptors (Lipinski definition) is 6. The molecule has 30 heavy (non-hydrogen) atoms. The third kappa shape index (κ3) is 6.40. The highest BCUT2D eigenvalue weighted by Crippen LogP contribution is 2.29. The molecule has 1 aromatic heterocycles. The van der Waals surface area contributed by atoms with Gasteiger partial charge in [0.25, 0.3) is 5.56 Å². The van der Waals surface area contributed by atoms with Crippen molar-refractivity contribution >= 4 is 6.09 Å². The number of aromatic nitrogens is 2. The number of aliphatic hydroxyl groups is 1. The van der Waals surface area contributed by atoms with E-state index in [1.165, 1.54) is 6.07 Å². The van der Waals surface area contributed by atoms with Crippen molar-refractivity contribution in [3.05, 3.63) is 40.1 Å². The van der Waals surface area contributed by atoms with E-state index >= 15 is 0 Å². The zero-order valence-electron chi connectivity index (χ0n) is 18.9. The first kappa shape index (κ1) is 24.1. The first-order valence-electron chi connectivity index (χ1n) is 10.8. The molecule has 2 atom stereocenters. The summed E-state index contributed by atoms with van der Waals surface area (Å²) in [6.45, 7) is 10.9. The highest BCUT2D eigenvalue weighted by Gasteiger charge is 2.33. The van der Waals surface area contributed by atoms with Gasteiger partial charge in [0, 0.05) is 25.7 Å². The summed E-state index contributed by atoms with van der Waals surface area (Å²) in [6, 6.07) is 0.999. The summed E-state index contributed by atoms with van der Waals surface area (Å²) in [5, 5.41) is 13.5. The Bertz CT molecular complexity index is 797. The number of rotatable bonds is 7. The van der Waals surface area contributed by atoms with Crippen LogP contribution in [0.3, 0.4) is 0 Å². The Hall–Kier alpha value is -2.19. The van der Waals surface area contributed by atoms with Gasteiger partial charge in [-0.1, -0.05) is 12.2 Å². The summed E-state index contributed by atoms with van der Waals surface area (Å²) in [5.74, 6) is 0.511. The van der Waals surface area contributed by atoms with Crippen LogP contribution >= 0.6 is 0 Å². The van der Waals surface area contributed by atoms with Crippen molar-refractivity contribution in [3.63, 3.8) is 0 Å². The van der Waals surface area contributed by atoms with E-state index in [-0.39, 0.29) is 17.3 Å². The molecule has 0 radical (unpaired) electrons. The van der Waals surface area contributed by atoms with Crippen LogP contribution in [0.15, 0.2) is 23.0 Å². The van der Waals surface area contributed by atoms with E-state index in [9.17, 15) is 14.7 Å². The second-order valence-corrected chi connectivity index (χ2v) is 8.52. The Balaban J connectivity index is 2.37. The van der Waals surface area contributed by atoms with Gasteiger partial charge in [-0.05, 0) is 60.3 Å². The van der Waals surface area contributed by atoms with Crippen molar-refractivity contribution in [1.29, 1.82) is 0 Å². The maximum atomic E-state index is 12.8. The van der Waals surface area contributed by atoms with E-state index in [2.05, 4.69) is 10.3 Å². The monoisotopic (exact) mass is 420 g/mol. The van der Waals surface area contributed by atoms with Gasteiger partial charge in [-0.25, -0.2) is 9.78 Å². The Morgan fingerprint density at radius 1 is 1.47 bits per heavy atom. The lowest BCUT2D eigenvalue weighted by Crippen LogP contribution is -2.41. The van der Waals surface area contributed by atoms with Crippen molar-refractivity contribution in [2.75, 3.05) is 13.1 Å². The number of allylic oxidation sites excluding steroid dienone is 1. The minimum atomic E-state index is -1.05. The topological polar surface area (TPSA) is 96.7 Å². The Labute approximate surface area is 178 Å². The fraction of sp³-hybridized carbons (Fsp3) is 0.682. The quantitative estimate of drug-likeness (QED) is 0.399. The molecule has 0 aromatic carbocycles. The van der Waals surface area contributed by atoms with Crippen molar-refractivity contribution < 1.29 is 14.6 Å². The molecule has 0 bridgehead atoms. The average molecular weight is 421 g/mol.